The Kier molecular flexibility index (Phi) is 4.10. The highest BCUT2D eigenvalue weighted by molar-refractivity contribution is 7.13. The molecule has 0 unspecified atom stereocenters. The summed E-state index contributed by atoms with van der Waals surface area (Å²) < 4.78 is 0. The number of aromatic nitrogens is 3. The Labute approximate surface area is 127 Å². The predicted octanol–water partition coefficient (Wildman–Crippen LogP) is 2.28. The Morgan fingerprint density at radius 2 is 2.24 bits per heavy atom. The van der Waals surface area contributed by atoms with Crippen molar-refractivity contribution >= 4 is 28.3 Å². The Morgan fingerprint density at radius 3 is 3.00 bits per heavy atom. The first-order valence-electron chi connectivity index (χ1n) is 6.97. The number of rotatable bonds is 3. The highest BCUT2D eigenvalue weighted by Gasteiger charge is 2.24. The number of hydrogen-bond donors (Lipinski definition) is 1. The van der Waals surface area contributed by atoms with Gasteiger partial charge in [0, 0.05) is 43.7 Å². The first kappa shape index (κ1) is 13.9. The summed E-state index contributed by atoms with van der Waals surface area (Å²) in [5, 5.41) is 5.44. The molecule has 3 rings (SSSR count). The normalized spacial score (nSPS) is 18.5. The summed E-state index contributed by atoms with van der Waals surface area (Å²) in [6.07, 6.45) is 5.73. The molecule has 1 amide bonds. The minimum Gasteiger partial charge on any atom is -0.340 e. The number of amides is 1. The number of carbonyl (C=O) groups is 1. The summed E-state index contributed by atoms with van der Waals surface area (Å²) in [6, 6.07) is 1.82. The summed E-state index contributed by atoms with van der Waals surface area (Å²) in [6.45, 7) is 3.34. The molecule has 110 valence electrons. The van der Waals surface area contributed by atoms with E-state index in [4.69, 9.17) is 0 Å². The van der Waals surface area contributed by atoms with Crippen molar-refractivity contribution < 1.29 is 4.79 Å². The van der Waals surface area contributed by atoms with E-state index < -0.39 is 0 Å². The molecule has 1 aliphatic rings. The first-order chi connectivity index (χ1) is 10.2. The van der Waals surface area contributed by atoms with Crippen LogP contribution in [0.15, 0.2) is 23.8 Å². The van der Waals surface area contributed by atoms with Gasteiger partial charge < -0.3 is 10.2 Å². The number of nitrogens with one attached hydrogen (secondary N) is 1. The number of nitrogens with zero attached hydrogens (tertiary/aromatic N) is 4. The van der Waals surface area contributed by atoms with Crippen LogP contribution in [0.2, 0.25) is 0 Å². The first-order valence-corrected chi connectivity index (χ1v) is 7.85. The smallest absolute Gasteiger partial charge is 0.225 e. The molecule has 0 aromatic carbocycles. The van der Waals surface area contributed by atoms with Crippen LogP contribution in [0.5, 0.6) is 0 Å². The molecule has 2 aromatic rings. The van der Waals surface area contributed by atoms with Crippen LogP contribution in [0.4, 0.5) is 11.1 Å². The topological polar surface area (TPSA) is 71.0 Å². The van der Waals surface area contributed by atoms with Crippen LogP contribution >= 0.6 is 11.3 Å². The van der Waals surface area contributed by atoms with Crippen LogP contribution < -0.4 is 10.2 Å². The van der Waals surface area contributed by atoms with E-state index >= 15 is 0 Å². The Balaban J connectivity index is 1.71. The van der Waals surface area contributed by atoms with Crippen molar-refractivity contribution in [3.8, 4) is 0 Å². The molecule has 1 fully saturated rings. The zero-order chi connectivity index (χ0) is 14.7. The maximum Gasteiger partial charge on any atom is 0.225 e. The maximum atomic E-state index is 11.1. The molecule has 1 aliphatic heterocycles. The zero-order valence-corrected chi connectivity index (χ0v) is 12.6. The Bertz CT molecular complexity index is 615. The molecule has 0 saturated carbocycles. The lowest BCUT2D eigenvalue weighted by atomic mass is 9.96. The fraction of sp³-hybridized carbons (Fsp3) is 0.429. The second-order valence-corrected chi connectivity index (χ2v) is 5.95. The SMILES string of the molecule is CC(=O)Nc1nc([C@H]2CCCN(c3ncccn3)C2)cs1. The van der Waals surface area contributed by atoms with E-state index in [-0.39, 0.29) is 5.91 Å². The van der Waals surface area contributed by atoms with Crippen molar-refractivity contribution in [2.45, 2.75) is 25.7 Å². The predicted molar refractivity (Wildman–Crippen MR) is 82.6 cm³/mol. The lowest BCUT2D eigenvalue weighted by Gasteiger charge is -2.31. The van der Waals surface area contributed by atoms with Crippen molar-refractivity contribution in [1.29, 1.82) is 0 Å². The minimum absolute atomic E-state index is 0.0844. The molecule has 0 bridgehead atoms. The largest absolute Gasteiger partial charge is 0.340 e. The molecule has 0 radical (unpaired) electrons. The molecule has 1 N–H and O–H groups in total. The van der Waals surface area contributed by atoms with Crippen LogP contribution in [-0.4, -0.2) is 33.9 Å². The third-order valence-corrected chi connectivity index (χ3v) is 4.26. The van der Waals surface area contributed by atoms with Gasteiger partial charge in [-0.05, 0) is 18.9 Å². The standard InChI is InChI=1S/C14H17N5OS/c1-10(20)17-14-18-12(9-21-14)11-4-2-7-19(8-11)13-15-5-3-6-16-13/h3,5-6,9,11H,2,4,7-8H2,1H3,(H,17,18,20)/t11-/m0/s1. The molecule has 0 aliphatic carbocycles. The maximum absolute atomic E-state index is 11.1. The molecular weight excluding hydrogens is 286 g/mol. The van der Waals surface area contributed by atoms with Gasteiger partial charge >= 0.3 is 0 Å². The fourth-order valence-corrected chi connectivity index (χ4v) is 3.37. The van der Waals surface area contributed by atoms with E-state index in [1.54, 1.807) is 12.4 Å². The molecule has 7 heteroatoms. The van der Waals surface area contributed by atoms with Gasteiger partial charge in [0.1, 0.15) is 0 Å². The van der Waals surface area contributed by atoms with E-state index in [0.717, 1.165) is 37.6 Å². The van der Waals surface area contributed by atoms with Crippen LogP contribution in [0.1, 0.15) is 31.4 Å². The van der Waals surface area contributed by atoms with Crippen molar-refractivity contribution in [3.05, 3.63) is 29.5 Å². The van der Waals surface area contributed by atoms with Gasteiger partial charge in [-0.15, -0.1) is 11.3 Å². The number of piperidine rings is 1. The second kappa shape index (κ2) is 6.17. The van der Waals surface area contributed by atoms with Gasteiger partial charge in [-0.1, -0.05) is 0 Å². The van der Waals surface area contributed by atoms with E-state index in [2.05, 4.69) is 25.2 Å². The van der Waals surface area contributed by atoms with Crippen LogP contribution in [0.3, 0.4) is 0 Å². The molecule has 1 saturated heterocycles. The second-order valence-electron chi connectivity index (χ2n) is 5.09. The molecule has 1 atom stereocenters. The summed E-state index contributed by atoms with van der Waals surface area (Å²) in [4.78, 5) is 26.4. The summed E-state index contributed by atoms with van der Waals surface area (Å²) >= 11 is 1.48. The van der Waals surface area contributed by atoms with E-state index in [9.17, 15) is 4.79 Å². The molecule has 21 heavy (non-hydrogen) atoms. The number of anilines is 2. The third-order valence-electron chi connectivity index (χ3n) is 3.48. The molecule has 0 spiro atoms. The average molecular weight is 303 g/mol. The zero-order valence-electron chi connectivity index (χ0n) is 11.8. The number of thiazole rings is 1. The highest BCUT2D eigenvalue weighted by atomic mass is 32.1. The fourth-order valence-electron chi connectivity index (χ4n) is 2.54. The Hall–Kier alpha value is -2.02. The van der Waals surface area contributed by atoms with Gasteiger partial charge in [0.15, 0.2) is 5.13 Å². The monoisotopic (exact) mass is 303 g/mol. The Morgan fingerprint density at radius 1 is 1.43 bits per heavy atom. The van der Waals surface area contributed by atoms with Gasteiger partial charge in [0.2, 0.25) is 11.9 Å². The van der Waals surface area contributed by atoms with Crippen molar-refractivity contribution in [2.24, 2.45) is 0 Å². The summed E-state index contributed by atoms with van der Waals surface area (Å²) in [5.74, 6) is 1.06. The van der Waals surface area contributed by atoms with Gasteiger partial charge in [-0.3, -0.25) is 4.79 Å². The van der Waals surface area contributed by atoms with Crippen LogP contribution in [-0.2, 0) is 4.79 Å². The van der Waals surface area contributed by atoms with Gasteiger partial charge in [0.05, 0.1) is 5.69 Å². The summed E-state index contributed by atoms with van der Waals surface area (Å²) in [7, 11) is 0. The third kappa shape index (κ3) is 3.36. The van der Waals surface area contributed by atoms with Crippen molar-refractivity contribution in [1.82, 2.24) is 15.0 Å². The van der Waals surface area contributed by atoms with Crippen molar-refractivity contribution in [2.75, 3.05) is 23.3 Å². The van der Waals surface area contributed by atoms with Crippen LogP contribution in [0.25, 0.3) is 0 Å². The lowest BCUT2D eigenvalue weighted by molar-refractivity contribution is -0.114. The van der Waals surface area contributed by atoms with E-state index in [0.29, 0.717) is 11.0 Å². The highest BCUT2D eigenvalue weighted by Crippen LogP contribution is 2.30. The van der Waals surface area contributed by atoms with E-state index in [1.807, 2.05) is 11.4 Å². The number of hydrogen-bond acceptors (Lipinski definition) is 6. The van der Waals surface area contributed by atoms with E-state index in [1.165, 1.54) is 18.3 Å². The van der Waals surface area contributed by atoms with Gasteiger partial charge in [0.25, 0.3) is 0 Å². The quantitative estimate of drug-likeness (QED) is 0.942. The summed E-state index contributed by atoms with van der Waals surface area (Å²) in [5.41, 5.74) is 1.05. The molecule has 2 aromatic heterocycles. The van der Waals surface area contributed by atoms with Crippen molar-refractivity contribution in [3.63, 3.8) is 0 Å². The molecule has 3 heterocycles. The average Bonchev–Trinajstić information content (AvgIpc) is 2.96. The molecule has 6 nitrogen and oxygen atoms in total. The van der Waals surface area contributed by atoms with Gasteiger partial charge in [-0.25, -0.2) is 15.0 Å². The molecular formula is C14H17N5OS. The van der Waals surface area contributed by atoms with Gasteiger partial charge in [-0.2, -0.15) is 0 Å². The minimum atomic E-state index is -0.0844. The van der Waals surface area contributed by atoms with Crippen LogP contribution in [0, 0.1) is 0 Å². The number of carbonyl (C=O) groups excluding carboxylic acids is 1. The lowest BCUT2D eigenvalue weighted by Crippen LogP contribution is -2.35.